The third-order valence-corrected chi connectivity index (χ3v) is 5.13. The lowest BCUT2D eigenvalue weighted by atomic mass is 9.97. The van der Waals surface area contributed by atoms with Crippen molar-refractivity contribution in [1.82, 2.24) is 4.98 Å². The van der Waals surface area contributed by atoms with Crippen molar-refractivity contribution in [3.8, 4) is 11.3 Å². The van der Waals surface area contributed by atoms with E-state index < -0.39 is 6.10 Å². The Morgan fingerprint density at radius 2 is 1.54 bits per heavy atom. The molecule has 0 spiro atoms. The number of unbranched alkanes of at least 4 members (excludes halogenated alkanes) is 7. The first-order valence-corrected chi connectivity index (χ1v) is 10.5. The highest BCUT2D eigenvalue weighted by Gasteiger charge is 2.12. The van der Waals surface area contributed by atoms with Crippen molar-refractivity contribution in [1.29, 1.82) is 0 Å². The van der Waals surface area contributed by atoms with Gasteiger partial charge in [0.25, 0.3) is 0 Å². The summed E-state index contributed by atoms with van der Waals surface area (Å²) < 4.78 is 0. The third kappa shape index (κ3) is 6.57. The van der Waals surface area contributed by atoms with Crippen LogP contribution in [-0.2, 0) is 6.42 Å². The average Bonchev–Trinajstić information content (AvgIpc) is 2.70. The van der Waals surface area contributed by atoms with Gasteiger partial charge in [0.15, 0.2) is 0 Å². The Balaban J connectivity index is 1.82. The highest BCUT2D eigenvalue weighted by molar-refractivity contribution is 5.64. The van der Waals surface area contributed by atoms with E-state index in [2.05, 4.69) is 30.1 Å². The minimum Gasteiger partial charge on any atom is -0.388 e. The molecule has 1 heterocycles. The highest BCUT2D eigenvalue weighted by Crippen LogP contribution is 2.28. The van der Waals surface area contributed by atoms with Crippen molar-refractivity contribution in [2.75, 3.05) is 0 Å². The summed E-state index contributed by atoms with van der Waals surface area (Å²) in [6.07, 6.45) is 14.2. The van der Waals surface area contributed by atoms with Gasteiger partial charge in [-0.05, 0) is 36.5 Å². The van der Waals surface area contributed by atoms with Gasteiger partial charge in [0, 0.05) is 11.8 Å². The second-order valence-corrected chi connectivity index (χ2v) is 7.29. The zero-order chi connectivity index (χ0) is 18.6. The molecule has 1 atom stereocenters. The fourth-order valence-corrected chi connectivity index (χ4v) is 3.44. The van der Waals surface area contributed by atoms with Crippen molar-refractivity contribution in [3.63, 3.8) is 0 Å². The van der Waals surface area contributed by atoms with Gasteiger partial charge in [-0.2, -0.15) is 0 Å². The fourth-order valence-electron chi connectivity index (χ4n) is 3.44. The Bertz CT molecular complexity index is 620. The fraction of sp³-hybridized carbons (Fsp3) is 0.542. The second-order valence-electron chi connectivity index (χ2n) is 7.29. The molecule has 0 radical (unpaired) electrons. The summed E-state index contributed by atoms with van der Waals surface area (Å²) in [7, 11) is 0. The predicted molar refractivity (Wildman–Crippen MR) is 111 cm³/mol. The number of aliphatic hydroxyl groups excluding tert-OH is 1. The van der Waals surface area contributed by atoms with Gasteiger partial charge in [-0.15, -0.1) is 0 Å². The first-order chi connectivity index (χ1) is 12.8. The summed E-state index contributed by atoms with van der Waals surface area (Å²) in [4.78, 5) is 4.66. The van der Waals surface area contributed by atoms with Gasteiger partial charge in [0.2, 0.25) is 0 Å². The molecule has 0 saturated heterocycles. The molecule has 0 aliphatic carbocycles. The minimum atomic E-state index is -0.426. The van der Waals surface area contributed by atoms with E-state index in [4.69, 9.17) is 0 Å². The molecule has 2 nitrogen and oxygen atoms in total. The van der Waals surface area contributed by atoms with E-state index in [-0.39, 0.29) is 0 Å². The van der Waals surface area contributed by atoms with Gasteiger partial charge in [0.1, 0.15) is 0 Å². The quantitative estimate of drug-likeness (QED) is 0.422. The maximum absolute atomic E-state index is 10.2. The highest BCUT2D eigenvalue weighted by atomic mass is 16.3. The number of hydrogen-bond donors (Lipinski definition) is 1. The number of nitrogens with zero attached hydrogens (tertiary/aromatic N) is 1. The van der Waals surface area contributed by atoms with Gasteiger partial charge < -0.3 is 5.11 Å². The number of rotatable bonds is 12. The summed E-state index contributed by atoms with van der Waals surface area (Å²) in [6.45, 7) is 4.27. The van der Waals surface area contributed by atoms with Gasteiger partial charge in [-0.1, -0.05) is 89.1 Å². The average molecular weight is 354 g/mol. The SMILES string of the molecule is CCCCCCCCCCc1ccc(-c2ccccc2C(O)CC)nc1. The zero-order valence-corrected chi connectivity index (χ0v) is 16.6. The van der Waals surface area contributed by atoms with Crippen LogP contribution in [0.2, 0.25) is 0 Å². The summed E-state index contributed by atoms with van der Waals surface area (Å²) in [5.74, 6) is 0. The second kappa shape index (κ2) is 11.9. The van der Waals surface area contributed by atoms with Crippen molar-refractivity contribution in [2.45, 2.75) is 84.2 Å². The molecular formula is C24H35NO. The van der Waals surface area contributed by atoms with Crippen LogP contribution < -0.4 is 0 Å². The molecule has 1 aromatic carbocycles. The summed E-state index contributed by atoms with van der Waals surface area (Å²) in [5, 5.41) is 10.2. The molecule has 0 amide bonds. The molecule has 1 unspecified atom stereocenters. The molecular weight excluding hydrogens is 318 g/mol. The van der Waals surface area contributed by atoms with Crippen molar-refractivity contribution in [2.24, 2.45) is 0 Å². The van der Waals surface area contributed by atoms with Gasteiger partial charge in [-0.3, -0.25) is 4.98 Å². The molecule has 2 rings (SSSR count). The van der Waals surface area contributed by atoms with Crippen LogP contribution in [0.5, 0.6) is 0 Å². The molecule has 142 valence electrons. The number of pyridine rings is 1. The van der Waals surface area contributed by atoms with Crippen LogP contribution in [0, 0.1) is 0 Å². The van der Waals surface area contributed by atoms with Crippen LogP contribution in [0.1, 0.15) is 88.9 Å². The normalized spacial score (nSPS) is 12.3. The van der Waals surface area contributed by atoms with E-state index in [9.17, 15) is 5.11 Å². The first kappa shape index (κ1) is 20.6. The standard InChI is InChI=1S/C24H35NO/c1-3-5-6-7-8-9-10-11-14-20-17-18-23(25-19-20)21-15-12-13-16-22(21)24(26)4-2/h12-13,15-19,24,26H,3-11,14H2,1-2H3. The Morgan fingerprint density at radius 3 is 2.19 bits per heavy atom. The van der Waals surface area contributed by atoms with E-state index in [0.29, 0.717) is 6.42 Å². The molecule has 26 heavy (non-hydrogen) atoms. The number of aromatic nitrogens is 1. The Kier molecular flexibility index (Phi) is 9.41. The van der Waals surface area contributed by atoms with E-state index in [1.54, 1.807) is 0 Å². The lowest BCUT2D eigenvalue weighted by molar-refractivity contribution is 0.174. The molecule has 0 fully saturated rings. The molecule has 2 aromatic rings. The zero-order valence-electron chi connectivity index (χ0n) is 16.6. The van der Waals surface area contributed by atoms with Crippen LogP contribution in [0.4, 0.5) is 0 Å². The number of hydrogen-bond acceptors (Lipinski definition) is 2. The van der Waals surface area contributed by atoms with Crippen molar-refractivity contribution >= 4 is 0 Å². The first-order valence-electron chi connectivity index (χ1n) is 10.5. The van der Waals surface area contributed by atoms with E-state index in [1.807, 2.05) is 31.3 Å². The van der Waals surface area contributed by atoms with E-state index >= 15 is 0 Å². The van der Waals surface area contributed by atoms with Gasteiger partial charge in [0.05, 0.1) is 11.8 Å². The Hall–Kier alpha value is -1.67. The van der Waals surface area contributed by atoms with Crippen LogP contribution in [0.15, 0.2) is 42.6 Å². The largest absolute Gasteiger partial charge is 0.388 e. The van der Waals surface area contributed by atoms with Crippen LogP contribution in [-0.4, -0.2) is 10.1 Å². The molecule has 0 aliphatic rings. The summed E-state index contributed by atoms with van der Waals surface area (Å²) in [6, 6.07) is 12.3. The molecule has 1 aromatic heterocycles. The van der Waals surface area contributed by atoms with Crippen LogP contribution in [0.3, 0.4) is 0 Å². The maximum atomic E-state index is 10.2. The van der Waals surface area contributed by atoms with Gasteiger partial charge >= 0.3 is 0 Å². The molecule has 0 bridgehead atoms. The number of benzene rings is 1. The maximum Gasteiger partial charge on any atom is 0.0794 e. The van der Waals surface area contributed by atoms with Crippen molar-refractivity contribution < 1.29 is 5.11 Å². The summed E-state index contributed by atoms with van der Waals surface area (Å²) in [5.41, 5.74) is 4.28. The predicted octanol–water partition coefficient (Wildman–Crippen LogP) is 6.88. The third-order valence-electron chi connectivity index (χ3n) is 5.13. The van der Waals surface area contributed by atoms with Gasteiger partial charge in [-0.25, -0.2) is 0 Å². The number of aliphatic hydroxyl groups is 1. The molecule has 0 aliphatic heterocycles. The van der Waals surface area contributed by atoms with E-state index in [0.717, 1.165) is 23.2 Å². The lowest BCUT2D eigenvalue weighted by Crippen LogP contribution is -1.99. The lowest BCUT2D eigenvalue weighted by Gasteiger charge is -2.14. The Morgan fingerprint density at radius 1 is 0.846 bits per heavy atom. The van der Waals surface area contributed by atoms with E-state index in [1.165, 1.54) is 56.9 Å². The smallest absolute Gasteiger partial charge is 0.0794 e. The van der Waals surface area contributed by atoms with Crippen molar-refractivity contribution in [3.05, 3.63) is 53.7 Å². The number of aryl methyl sites for hydroxylation is 1. The minimum absolute atomic E-state index is 0.426. The molecule has 1 N–H and O–H groups in total. The Labute approximate surface area is 159 Å². The summed E-state index contributed by atoms with van der Waals surface area (Å²) >= 11 is 0. The van der Waals surface area contributed by atoms with Crippen LogP contribution in [0.25, 0.3) is 11.3 Å². The molecule has 2 heteroatoms. The molecule has 0 saturated carbocycles. The van der Waals surface area contributed by atoms with Crippen LogP contribution >= 0.6 is 0 Å². The monoisotopic (exact) mass is 353 g/mol. The topological polar surface area (TPSA) is 33.1 Å².